The minimum atomic E-state index is -0.317. The fraction of sp³-hybridized carbons (Fsp3) is 0.571. The molecule has 0 aliphatic carbocycles. The molecule has 0 spiro atoms. The minimum absolute atomic E-state index is 0.317. The van der Waals surface area contributed by atoms with Crippen LogP contribution >= 0.6 is 0 Å². The average Bonchev–Trinajstić information content (AvgIpc) is 2.40. The van der Waals surface area contributed by atoms with Crippen LogP contribution in [0.25, 0.3) is 0 Å². The molecule has 0 amide bonds. The summed E-state index contributed by atoms with van der Waals surface area (Å²) in [6, 6.07) is 0. The lowest BCUT2D eigenvalue weighted by Crippen LogP contribution is -2.07. The molecule has 62 valence electrons. The van der Waals surface area contributed by atoms with Gasteiger partial charge < -0.3 is 14.0 Å². The summed E-state index contributed by atoms with van der Waals surface area (Å²) in [7, 11) is 5.09. The van der Waals surface area contributed by atoms with Gasteiger partial charge in [-0.1, -0.05) is 0 Å². The molecule has 4 nitrogen and oxygen atoms in total. The van der Waals surface area contributed by atoms with Crippen molar-refractivity contribution in [2.75, 3.05) is 14.2 Å². The van der Waals surface area contributed by atoms with Crippen LogP contribution in [0, 0.1) is 0 Å². The van der Waals surface area contributed by atoms with Crippen LogP contribution in [0.3, 0.4) is 0 Å². The van der Waals surface area contributed by atoms with Crippen molar-refractivity contribution in [1.29, 1.82) is 0 Å². The van der Waals surface area contributed by atoms with Gasteiger partial charge in [0.25, 0.3) is 0 Å². The Bertz CT molecular complexity index is 218. The number of aromatic nitrogens is 2. The Morgan fingerprint density at radius 1 is 1.45 bits per heavy atom. The molecule has 1 aromatic heterocycles. The first-order valence-electron chi connectivity index (χ1n) is 3.31. The zero-order chi connectivity index (χ0) is 8.27. The molecule has 0 aliphatic heterocycles. The van der Waals surface area contributed by atoms with Gasteiger partial charge >= 0.3 is 0 Å². The molecule has 0 unspecified atom stereocenters. The second kappa shape index (κ2) is 3.50. The van der Waals surface area contributed by atoms with Crippen molar-refractivity contribution in [3.05, 3.63) is 18.2 Å². The van der Waals surface area contributed by atoms with Crippen molar-refractivity contribution < 1.29 is 9.47 Å². The molecule has 0 aromatic carbocycles. The van der Waals surface area contributed by atoms with Crippen molar-refractivity contribution in [3.8, 4) is 0 Å². The van der Waals surface area contributed by atoms with E-state index >= 15 is 0 Å². The van der Waals surface area contributed by atoms with Crippen molar-refractivity contribution in [3.63, 3.8) is 0 Å². The number of methoxy groups -OCH3 is 2. The van der Waals surface area contributed by atoms with Crippen molar-refractivity contribution in [2.45, 2.75) is 6.29 Å². The first-order chi connectivity index (χ1) is 5.29. The molecule has 1 aromatic rings. The minimum Gasteiger partial charge on any atom is -0.350 e. The third-order valence-corrected chi connectivity index (χ3v) is 1.52. The van der Waals surface area contributed by atoms with E-state index < -0.39 is 0 Å². The molecule has 0 saturated heterocycles. The van der Waals surface area contributed by atoms with Crippen LogP contribution < -0.4 is 0 Å². The van der Waals surface area contributed by atoms with Crippen LogP contribution in [0.1, 0.15) is 12.0 Å². The summed E-state index contributed by atoms with van der Waals surface area (Å²) < 4.78 is 11.9. The molecular weight excluding hydrogens is 144 g/mol. The van der Waals surface area contributed by atoms with Crippen LogP contribution in [-0.2, 0) is 16.5 Å². The van der Waals surface area contributed by atoms with Gasteiger partial charge in [-0.15, -0.1) is 0 Å². The Hall–Kier alpha value is -0.870. The highest BCUT2D eigenvalue weighted by molar-refractivity contribution is 4.99. The predicted octanol–water partition coefficient (Wildman–Crippen LogP) is 0.711. The maximum absolute atomic E-state index is 5.04. The Labute approximate surface area is 65.8 Å². The van der Waals surface area contributed by atoms with E-state index in [9.17, 15) is 0 Å². The van der Waals surface area contributed by atoms with E-state index in [0.29, 0.717) is 0 Å². The predicted molar refractivity (Wildman–Crippen MR) is 40.0 cm³/mol. The largest absolute Gasteiger partial charge is 0.350 e. The molecule has 0 N–H and O–H groups in total. The summed E-state index contributed by atoms with van der Waals surface area (Å²) in [6.07, 6.45) is 3.11. The Morgan fingerprint density at radius 2 is 2.09 bits per heavy atom. The van der Waals surface area contributed by atoms with E-state index in [1.165, 1.54) is 0 Å². The van der Waals surface area contributed by atoms with Crippen LogP contribution in [0.15, 0.2) is 12.5 Å². The lowest BCUT2D eigenvalue weighted by Gasteiger charge is -2.12. The summed E-state index contributed by atoms with van der Waals surface area (Å²) in [5.41, 5.74) is 0.912. The quantitative estimate of drug-likeness (QED) is 0.605. The number of hydrogen-bond acceptors (Lipinski definition) is 3. The van der Waals surface area contributed by atoms with Gasteiger partial charge in [-0.25, -0.2) is 4.98 Å². The molecule has 0 atom stereocenters. The standard InChI is InChI=1S/C7H12N2O2/c1-9-5-8-4-6(9)7(10-2)11-3/h4-5,7H,1-3H3. The van der Waals surface area contributed by atoms with Crippen LogP contribution in [0.5, 0.6) is 0 Å². The topological polar surface area (TPSA) is 36.3 Å². The highest BCUT2D eigenvalue weighted by Gasteiger charge is 2.11. The molecule has 0 aliphatic rings. The third kappa shape index (κ3) is 1.58. The monoisotopic (exact) mass is 156 g/mol. The summed E-state index contributed by atoms with van der Waals surface area (Å²) in [5.74, 6) is 0. The molecule has 0 fully saturated rings. The fourth-order valence-electron chi connectivity index (χ4n) is 0.932. The van der Waals surface area contributed by atoms with Crippen molar-refractivity contribution in [2.24, 2.45) is 7.05 Å². The van der Waals surface area contributed by atoms with Crippen LogP contribution in [-0.4, -0.2) is 23.8 Å². The molecule has 0 saturated carbocycles. The van der Waals surface area contributed by atoms with E-state index in [0.717, 1.165) is 5.69 Å². The molecule has 1 rings (SSSR count). The van der Waals surface area contributed by atoms with E-state index in [4.69, 9.17) is 9.47 Å². The van der Waals surface area contributed by atoms with Gasteiger partial charge in [0.15, 0.2) is 6.29 Å². The first kappa shape index (κ1) is 8.23. The molecule has 11 heavy (non-hydrogen) atoms. The normalized spacial score (nSPS) is 10.9. The van der Waals surface area contributed by atoms with Gasteiger partial charge in [-0.2, -0.15) is 0 Å². The van der Waals surface area contributed by atoms with E-state index in [1.54, 1.807) is 26.7 Å². The van der Waals surface area contributed by atoms with Crippen LogP contribution in [0.4, 0.5) is 0 Å². The number of hydrogen-bond donors (Lipinski definition) is 0. The van der Waals surface area contributed by atoms with E-state index in [1.807, 2.05) is 11.6 Å². The second-order valence-electron chi connectivity index (χ2n) is 2.23. The maximum atomic E-state index is 5.04. The van der Waals surface area contributed by atoms with Crippen LogP contribution in [0.2, 0.25) is 0 Å². The van der Waals surface area contributed by atoms with Gasteiger partial charge in [0, 0.05) is 21.3 Å². The number of ether oxygens (including phenoxy) is 2. The zero-order valence-corrected chi connectivity index (χ0v) is 6.94. The van der Waals surface area contributed by atoms with Gasteiger partial charge in [0.1, 0.15) is 0 Å². The summed E-state index contributed by atoms with van der Waals surface area (Å²) >= 11 is 0. The van der Waals surface area contributed by atoms with Gasteiger partial charge in [0.2, 0.25) is 0 Å². The average molecular weight is 156 g/mol. The van der Waals surface area contributed by atoms with Gasteiger partial charge in [-0.3, -0.25) is 0 Å². The number of rotatable bonds is 3. The van der Waals surface area contributed by atoms with Gasteiger partial charge in [0.05, 0.1) is 18.2 Å². The molecule has 0 radical (unpaired) electrons. The lowest BCUT2D eigenvalue weighted by molar-refractivity contribution is -0.110. The molecule has 1 heterocycles. The molecule has 0 bridgehead atoms. The third-order valence-electron chi connectivity index (χ3n) is 1.52. The van der Waals surface area contributed by atoms with Crippen molar-refractivity contribution in [1.82, 2.24) is 9.55 Å². The lowest BCUT2D eigenvalue weighted by atomic mass is 10.4. The molecule has 4 heteroatoms. The van der Waals surface area contributed by atoms with E-state index in [2.05, 4.69) is 4.98 Å². The highest BCUT2D eigenvalue weighted by atomic mass is 16.7. The number of imidazole rings is 1. The maximum Gasteiger partial charge on any atom is 0.200 e. The summed E-state index contributed by atoms with van der Waals surface area (Å²) in [4.78, 5) is 3.94. The van der Waals surface area contributed by atoms with Crippen molar-refractivity contribution >= 4 is 0 Å². The van der Waals surface area contributed by atoms with Gasteiger partial charge in [-0.05, 0) is 0 Å². The second-order valence-corrected chi connectivity index (χ2v) is 2.23. The Balaban J connectivity index is 2.81. The zero-order valence-electron chi connectivity index (χ0n) is 6.94. The number of aryl methyl sites for hydroxylation is 1. The fourth-order valence-corrected chi connectivity index (χ4v) is 0.932. The first-order valence-corrected chi connectivity index (χ1v) is 3.31. The smallest absolute Gasteiger partial charge is 0.200 e. The Morgan fingerprint density at radius 3 is 2.45 bits per heavy atom. The summed E-state index contributed by atoms with van der Waals surface area (Å²) in [6.45, 7) is 0. The summed E-state index contributed by atoms with van der Waals surface area (Å²) in [5, 5.41) is 0. The number of nitrogens with zero attached hydrogens (tertiary/aromatic N) is 2. The van der Waals surface area contributed by atoms with E-state index in [-0.39, 0.29) is 6.29 Å². The molecular formula is C7H12N2O2. The highest BCUT2D eigenvalue weighted by Crippen LogP contribution is 2.14. The Kier molecular flexibility index (Phi) is 2.62. The SMILES string of the molecule is COC(OC)c1cncn1C.